The molecule has 0 N–H and O–H groups in total. The number of methoxy groups -OCH3 is 4. The molecule has 2 aliphatic carbocycles. The first-order chi connectivity index (χ1) is 16.9. The van der Waals surface area contributed by atoms with Gasteiger partial charge < -0.3 is 18.9 Å². The summed E-state index contributed by atoms with van der Waals surface area (Å²) in [6.45, 7) is 21.0. The van der Waals surface area contributed by atoms with Crippen molar-refractivity contribution in [3.05, 3.63) is 44.5 Å². The van der Waals surface area contributed by atoms with Crippen molar-refractivity contribution in [1.29, 1.82) is 0 Å². The fraction of sp³-hybridized carbons (Fsp3) is 0.636. The van der Waals surface area contributed by atoms with Gasteiger partial charge in [0.05, 0.1) is 28.4 Å². The van der Waals surface area contributed by atoms with Crippen LogP contribution >= 0.6 is 0 Å². The van der Waals surface area contributed by atoms with E-state index in [2.05, 4.69) is 62.3 Å². The summed E-state index contributed by atoms with van der Waals surface area (Å²) >= 11 is 0. The van der Waals surface area contributed by atoms with Crippen LogP contribution < -0.4 is 18.9 Å². The molecule has 0 saturated carbocycles. The van der Waals surface area contributed by atoms with Gasteiger partial charge in [-0.25, -0.2) is 0 Å². The fourth-order valence-corrected chi connectivity index (χ4v) is 8.59. The van der Waals surface area contributed by atoms with E-state index >= 15 is 0 Å². The van der Waals surface area contributed by atoms with Crippen molar-refractivity contribution in [2.75, 3.05) is 28.4 Å². The van der Waals surface area contributed by atoms with Crippen molar-refractivity contribution in [3.63, 3.8) is 0 Å². The Labute approximate surface area is 226 Å². The molecule has 0 aliphatic heterocycles. The SMILES string of the molecule is C.CCC1(C)CC2(c3c(C)c(OC)c(OC)c(C)c31)c1c(C)c(OC)c(OC)c(C)c1C(C)(CC)C2C. The van der Waals surface area contributed by atoms with E-state index in [-0.39, 0.29) is 23.7 Å². The van der Waals surface area contributed by atoms with Gasteiger partial charge in [-0.05, 0) is 108 Å². The highest BCUT2D eigenvalue weighted by Crippen LogP contribution is 2.71. The zero-order valence-electron chi connectivity index (χ0n) is 24.8. The molecule has 1 spiro atoms. The van der Waals surface area contributed by atoms with Crippen LogP contribution in [0.25, 0.3) is 0 Å². The molecule has 0 amide bonds. The Morgan fingerprint density at radius 3 is 1.32 bits per heavy atom. The van der Waals surface area contributed by atoms with Gasteiger partial charge in [-0.1, -0.05) is 42.0 Å². The average molecular weight is 511 g/mol. The van der Waals surface area contributed by atoms with Gasteiger partial charge in [0.2, 0.25) is 0 Å². The molecular formula is C33H50O4. The lowest BCUT2D eigenvalue weighted by atomic mass is 9.62. The summed E-state index contributed by atoms with van der Waals surface area (Å²) in [5.74, 6) is 3.84. The smallest absolute Gasteiger partial charge is 0.164 e. The maximum atomic E-state index is 6.04. The van der Waals surface area contributed by atoms with Gasteiger partial charge in [0.25, 0.3) is 0 Å². The van der Waals surface area contributed by atoms with E-state index in [1.54, 1.807) is 28.4 Å². The normalized spacial score (nSPS) is 27.5. The highest BCUT2D eigenvalue weighted by atomic mass is 16.5. The van der Waals surface area contributed by atoms with Gasteiger partial charge in [-0.2, -0.15) is 0 Å². The molecule has 4 unspecified atom stereocenters. The Kier molecular flexibility index (Phi) is 7.44. The van der Waals surface area contributed by atoms with Crippen LogP contribution in [0.3, 0.4) is 0 Å². The van der Waals surface area contributed by atoms with Crippen LogP contribution in [-0.4, -0.2) is 28.4 Å². The third-order valence-electron chi connectivity index (χ3n) is 10.5. The second-order valence-electron chi connectivity index (χ2n) is 11.7. The van der Waals surface area contributed by atoms with E-state index in [0.717, 1.165) is 42.3 Å². The van der Waals surface area contributed by atoms with Crippen molar-refractivity contribution in [3.8, 4) is 23.0 Å². The summed E-state index contributed by atoms with van der Waals surface area (Å²) in [5.41, 5.74) is 10.5. The summed E-state index contributed by atoms with van der Waals surface area (Å²) in [7, 11) is 7.06. The highest BCUT2D eigenvalue weighted by molar-refractivity contribution is 5.75. The molecule has 2 aromatic rings. The second-order valence-corrected chi connectivity index (χ2v) is 11.7. The van der Waals surface area contributed by atoms with E-state index in [4.69, 9.17) is 18.9 Å². The quantitative estimate of drug-likeness (QED) is 0.392. The molecule has 206 valence electrons. The third kappa shape index (κ3) is 3.26. The number of ether oxygens (including phenoxy) is 4. The predicted octanol–water partition coefficient (Wildman–Crippen LogP) is 8.27. The lowest BCUT2D eigenvalue weighted by Gasteiger charge is -2.40. The van der Waals surface area contributed by atoms with Crippen LogP contribution in [0.15, 0.2) is 0 Å². The van der Waals surface area contributed by atoms with Crippen molar-refractivity contribution in [1.82, 2.24) is 0 Å². The minimum Gasteiger partial charge on any atom is -0.493 e. The first kappa shape index (κ1) is 29.2. The molecule has 0 saturated heterocycles. The minimum atomic E-state index is -0.164. The number of rotatable bonds is 6. The second kappa shape index (κ2) is 9.43. The lowest BCUT2D eigenvalue weighted by molar-refractivity contribution is 0.214. The summed E-state index contributed by atoms with van der Waals surface area (Å²) in [6, 6.07) is 0. The predicted molar refractivity (Wildman–Crippen MR) is 155 cm³/mol. The maximum absolute atomic E-state index is 6.04. The Balaban J connectivity index is 0.00000380. The number of benzene rings is 2. The highest BCUT2D eigenvalue weighted by Gasteiger charge is 2.64. The molecule has 2 aromatic carbocycles. The van der Waals surface area contributed by atoms with Crippen molar-refractivity contribution < 1.29 is 18.9 Å². The third-order valence-corrected chi connectivity index (χ3v) is 10.5. The molecule has 4 heteroatoms. The van der Waals surface area contributed by atoms with E-state index in [9.17, 15) is 0 Å². The van der Waals surface area contributed by atoms with Gasteiger partial charge in [-0.15, -0.1) is 0 Å². The summed E-state index contributed by atoms with van der Waals surface area (Å²) in [5, 5.41) is 0. The van der Waals surface area contributed by atoms with E-state index in [1.807, 2.05) is 0 Å². The van der Waals surface area contributed by atoms with E-state index in [1.165, 1.54) is 44.5 Å². The molecule has 4 atom stereocenters. The lowest BCUT2D eigenvalue weighted by Crippen LogP contribution is -2.38. The minimum absolute atomic E-state index is 0. The van der Waals surface area contributed by atoms with E-state index in [0.29, 0.717) is 5.92 Å². The first-order valence-corrected chi connectivity index (χ1v) is 13.4. The molecule has 0 fully saturated rings. The fourth-order valence-electron chi connectivity index (χ4n) is 8.59. The molecule has 0 radical (unpaired) electrons. The van der Waals surface area contributed by atoms with Crippen LogP contribution in [0.4, 0.5) is 0 Å². The van der Waals surface area contributed by atoms with E-state index < -0.39 is 0 Å². The molecule has 0 aromatic heterocycles. The molecular weight excluding hydrogens is 460 g/mol. The molecule has 4 rings (SSSR count). The first-order valence-electron chi connectivity index (χ1n) is 13.4. The molecule has 4 nitrogen and oxygen atoms in total. The number of hydrogen-bond donors (Lipinski definition) is 0. The van der Waals surface area contributed by atoms with Crippen molar-refractivity contribution in [2.45, 2.75) is 105 Å². The Morgan fingerprint density at radius 2 is 0.973 bits per heavy atom. The zero-order valence-corrected chi connectivity index (χ0v) is 24.8. The summed E-state index contributed by atoms with van der Waals surface area (Å²) in [6.07, 6.45) is 3.18. The monoisotopic (exact) mass is 510 g/mol. The number of hydrogen-bond acceptors (Lipinski definition) is 4. The summed E-state index contributed by atoms with van der Waals surface area (Å²) in [4.78, 5) is 0. The Morgan fingerprint density at radius 1 is 0.622 bits per heavy atom. The molecule has 0 heterocycles. The summed E-state index contributed by atoms with van der Waals surface area (Å²) < 4.78 is 24.0. The van der Waals surface area contributed by atoms with Gasteiger partial charge >= 0.3 is 0 Å². The Hall–Kier alpha value is -2.36. The van der Waals surface area contributed by atoms with Crippen LogP contribution in [0.5, 0.6) is 23.0 Å². The van der Waals surface area contributed by atoms with Crippen LogP contribution in [0.2, 0.25) is 0 Å². The Bertz CT molecular complexity index is 1200. The topological polar surface area (TPSA) is 36.9 Å². The zero-order chi connectivity index (χ0) is 27.0. The standard InChI is InChI=1S/C32H46O4.CH4/c1-14-30(8)16-32(24-19(5)28(35-12)26(33-10)17(3)22(24)30)21(7)31(9,15-2)23-18(4)27(34-11)29(36-13)20(6)25(23)32;/h21H,14-16H2,1-13H3;1H4. The van der Waals surface area contributed by atoms with Crippen molar-refractivity contribution >= 4 is 0 Å². The van der Waals surface area contributed by atoms with Crippen molar-refractivity contribution in [2.24, 2.45) is 5.92 Å². The van der Waals surface area contributed by atoms with Crippen LogP contribution in [-0.2, 0) is 16.2 Å². The van der Waals surface area contributed by atoms with Gasteiger partial charge in [-0.3, -0.25) is 0 Å². The average Bonchev–Trinajstić information content (AvgIpc) is 3.26. The maximum Gasteiger partial charge on any atom is 0.164 e. The van der Waals surface area contributed by atoms with Crippen LogP contribution in [0.1, 0.15) is 106 Å². The van der Waals surface area contributed by atoms with Gasteiger partial charge in [0.15, 0.2) is 23.0 Å². The molecule has 37 heavy (non-hydrogen) atoms. The van der Waals surface area contributed by atoms with Crippen LogP contribution in [0, 0.1) is 33.6 Å². The molecule has 0 bridgehead atoms. The van der Waals surface area contributed by atoms with Gasteiger partial charge in [0, 0.05) is 5.41 Å². The number of fused-ring (bicyclic) bond motifs is 4. The largest absolute Gasteiger partial charge is 0.493 e. The molecule has 2 aliphatic rings. The van der Waals surface area contributed by atoms with Gasteiger partial charge in [0.1, 0.15) is 0 Å².